The first kappa shape index (κ1) is 19.3. The Labute approximate surface area is 129 Å². The van der Waals surface area contributed by atoms with Gasteiger partial charge in [0.05, 0.1) is 0 Å². The number of benzene rings is 1. The predicted molar refractivity (Wildman–Crippen MR) is 72.8 cm³/mol. The fourth-order valence-electron chi connectivity index (χ4n) is 1.68. The van der Waals surface area contributed by atoms with Crippen molar-refractivity contribution >= 4 is 5.57 Å². The van der Waals surface area contributed by atoms with Crippen molar-refractivity contribution in [3.63, 3.8) is 0 Å². The van der Waals surface area contributed by atoms with Gasteiger partial charge in [0.1, 0.15) is 5.75 Å². The van der Waals surface area contributed by atoms with E-state index in [0.717, 1.165) is 25.0 Å². The molecule has 0 aliphatic heterocycles. The quantitative estimate of drug-likeness (QED) is 0.513. The molecule has 1 unspecified atom stereocenters. The van der Waals surface area contributed by atoms with Crippen molar-refractivity contribution in [1.82, 2.24) is 0 Å². The van der Waals surface area contributed by atoms with Crippen molar-refractivity contribution in [3.8, 4) is 5.75 Å². The normalized spacial score (nSPS) is 14.5. The summed E-state index contributed by atoms with van der Waals surface area (Å²) >= 11 is 0. The monoisotopic (exact) mass is 342 g/mol. The molecule has 8 heteroatoms. The zero-order valence-electron chi connectivity index (χ0n) is 12.7. The first-order chi connectivity index (χ1) is 10.2. The van der Waals surface area contributed by atoms with Gasteiger partial charge < -0.3 is 4.74 Å². The van der Waals surface area contributed by atoms with Gasteiger partial charge in [-0.1, -0.05) is 24.3 Å². The van der Waals surface area contributed by atoms with Gasteiger partial charge in [-0.15, -0.1) is 0 Å². The third kappa shape index (κ3) is 5.46. The van der Waals surface area contributed by atoms with E-state index >= 15 is 0 Å². The van der Waals surface area contributed by atoms with Crippen LogP contribution in [0.2, 0.25) is 0 Å². The fourth-order valence-corrected chi connectivity index (χ4v) is 1.68. The number of ether oxygens (including phenoxy) is 2. The Morgan fingerprint density at radius 3 is 1.91 bits per heavy atom. The molecule has 1 rings (SSSR count). The highest BCUT2D eigenvalue weighted by Gasteiger charge is 2.60. The zero-order valence-corrected chi connectivity index (χ0v) is 12.7. The number of rotatable bonds is 6. The van der Waals surface area contributed by atoms with E-state index in [0.29, 0.717) is 0 Å². The number of hydrogen-bond donors (Lipinski definition) is 0. The molecule has 23 heavy (non-hydrogen) atoms. The Hall–Kier alpha value is -1.70. The van der Waals surface area contributed by atoms with E-state index in [1.165, 1.54) is 12.1 Å². The van der Waals surface area contributed by atoms with E-state index in [2.05, 4.69) is 11.3 Å². The standard InChI is InChI=1S/C15H16F6O2/c1-9(2)10-5-7-11(8-6-10)22-13(3,4)23-15(20,21)12(16)14(17,18)19/h5-8,12H,1H2,2-4H3. The van der Waals surface area contributed by atoms with E-state index in [1.54, 1.807) is 19.1 Å². The lowest BCUT2D eigenvalue weighted by molar-refractivity contribution is -0.387. The van der Waals surface area contributed by atoms with Gasteiger partial charge in [0.25, 0.3) is 6.17 Å². The summed E-state index contributed by atoms with van der Waals surface area (Å²) in [6.45, 7) is 7.37. The van der Waals surface area contributed by atoms with E-state index in [4.69, 9.17) is 4.74 Å². The lowest BCUT2D eigenvalue weighted by Gasteiger charge is -2.32. The topological polar surface area (TPSA) is 18.5 Å². The van der Waals surface area contributed by atoms with Crippen molar-refractivity contribution in [1.29, 1.82) is 0 Å². The summed E-state index contributed by atoms with van der Waals surface area (Å²) in [6, 6.07) is 5.98. The van der Waals surface area contributed by atoms with Gasteiger partial charge in [0, 0.05) is 13.8 Å². The molecule has 0 saturated carbocycles. The number of halogens is 6. The molecule has 1 aromatic rings. The molecule has 0 heterocycles. The van der Waals surface area contributed by atoms with Crippen LogP contribution >= 0.6 is 0 Å². The Kier molecular flexibility index (Phi) is 5.41. The van der Waals surface area contributed by atoms with Crippen molar-refractivity contribution in [2.24, 2.45) is 0 Å². The summed E-state index contributed by atoms with van der Waals surface area (Å²) in [5, 5.41) is 0. The van der Waals surface area contributed by atoms with Crippen LogP contribution in [-0.4, -0.2) is 24.2 Å². The maximum absolute atomic E-state index is 13.3. The third-order valence-electron chi connectivity index (χ3n) is 2.68. The second-order valence-corrected chi connectivity index (χ2v) is 5.37. The molecule has 0 fully saturated rings. The van der Waals surface area contributed by atoms with Crippen molar-refractivity contribution in [2.45, 2.75) is 45.0 Å². The number of allylic oxidation sites excluding steroid dienone is 1. The molecule has 1 aromatic carbocycles. The molecule has 0 aromatic heterocycles. The summed E-state index contributed by atoms with van der Waals surface area (Å²) in [7, 11) is 0. The van der Waals surface area contributed by atoms with E-state index in [9.17, 15) is 26.3 Å². The highest BCUT2D eigenvalue weighted by atomic mass is 19.4. The summed E-state index contributed by atoms with van der Waals surface area (Å²) in [6.07, 6.45) is -15.3. The highest BCUT2D eigenvalue weighted by molar-refractivity contribution is 5.61. The van der Waals surface area contributed by atoms with E-state index < -0.39 is 24.2 Å². The average Bonchev–Trinajstić information content (AvgIpc) is 2.35. The Bertz CT molecular complexity index is 548. The van der Waals surface area contributed by atoms with Crippen LogP contribution in [0.3, 0.4) is 0 Å². The lowest BCUT2D eigenvalue weighted by Crippen LogP contribution is -2.49. The largest absolute Gasteiger partial charge is 0.463 e. The Morgan fingerprint density at radius 1 is 1.04 bits per heavy atom. The van der Waals surface area contributed by atoms with Gasteiger partial charge >= 0.3 is 12.3 Å². The molecule has 0 aliphatic carbocycles. The van der Waals surface area contributed by atoms with Crippen LogP contribution in [0.5, 0.6) is 5.75 Å². The van der Waals surface area contributed by atoms with Crippen LogP contribution in [-0.2, 0) is 4.74 Å². The molecule has 0 radical (unpaired) electrons. The van der Waals surface area contributed by atoms with Gasteiger partial charge in [-0.25, -0.2) is 4.39 Å². The SMILES string of the molecule is C=C(C)c1ccc(OC(C)(C)OC(F)(F)C(F)C(F)(F)F)cc1. The minimum absolute atomic E-state index is 0.0678. The summed E-state index contributed by atoms with van der Waals surface area (Å²) in [4.78, 5) is 0. The molecule has 2 nitrogen and oxygen atoms in total. The molecule has 130 valence electrons. The van der Waals surface area contributed by atoms with Crippen LogP contribution in [0.4, 0.5) is 26.3 Å². The van der Waals surface area contributed by atoms with Gasteiger partial charge in [-0.05, 0) is 24.6 Å². The van der Waals surface area contributed by atoms with Gasteiger partial charge in [-0.2, -0.15) is 22.0 Å². The second-order valence-electron chi connectivity index (χ2n) is 5.37. The van der Waals surface area contributed by atoms with Crippen LogP contribution < -0.4 is 4.74 Å². The predicted octanol–water partition coefficient (Wildman–Crippen LogP) is 5.34. The highest BCUT2D eigenvalue weighted by Crippen LogP contribution is 2.38. The summed E-state index contributed by atoms with van der Waals surface area (Å²) < 4.78 is 84.6. The van der Waals surface area contributed by atoms with Gasteiger partial charge in [0.15, 0.2) is 0 Å². The first-order valence-corrected chi connectivity index (χ1v) is 6.48. The minimum Gasteiger partial charge on any atom is -0.463 e. The Balaban J connectivity index is 2.84. The number of alkyl halides is 6. The van der Waals surface area contributed by atoms with Crippen molar-refractivity contribution in [2.75, 3.05) is 0 Å². The molecule has 1 atom stereocenters. The molecule has 0 bridgehead atoms. The fraction of sp³-hybridized carbons (Fsp3) is 0.467. The van der Waals surface area contributed by atoms with Gasteiger partial charge in [-0.3, -0.25) is 4.74 Å². The van der Waals surface area contributed by atoms with Crippen LogP contribution in [0.1, 0.15) is 26.3 Å². The van der Waals surface area contributed by atoms with Crippen molar-refractivity contribution in [3.05, 3.63) is 36.4 Å². The maximum Gasteiger partial charge on any atom is 0.428 e. The van der Waals surface area contributed by atoms with Crippen LogP contribution in [0.25, 0.3) is 5.57 Å². The molecule has 0 spiro atoms. The third-order valence-corrected chi connectivity index (χ3v) is 2.68. The van der Waals surface area contributed by atoms with Crippen LogP contribution in [0.15, 0.2) is 30.8 Å². The summed E-state index contributed by atoms with van der Waals surface area (Å²) in [5.74, 6) is -2.12. The van der Waals surface area contributed by atoms with Crippen molar-refractivity contribution < 1.29 is 35.8 Å². The molecule has 0 aliphatic rings. The molecular weight excluding hydrogens is 326 g/mol. The Morgan fingerprint density at radius 2 is 1.52 bits per heavy atom. The van der Waals surface area contributed by atoms with E-state index in [1.807, 2.05) is 0 Å². The zero-order chi connectivity index (χ0) is 18.1. The molecule has 0 N–H and O–H groups in total. The minimum atomic E-state index is -5.75. The average molecular weight is 342 g/mol. The van der Waals surface area contributed by atoms with E-state index in [-0.39, 0.29) is 5.75 Å². The van der Waals surface area contributed by atoms with Crippen LogP contribution in [0, 0.1) is 0 Å². The number of hydrogen-bond acceptors (Lipinski definition) is 2. The first-order valence-electron chi connectivity index (χ1n) is 6.48. The lowest BCUT2D eigenvalue weighted by atomic mass is 10.1. The molecular formula is C15H16F6O2. The molecule has 0 amide bonds. The molecule has 0 saturated heterocycles. The summed E-state index contributed by atoms with van der Waals surface area (Å²) in [5.41, 5.74) is 1.52. The maximum atomic E-state index is 13.3. The second kappa shape index (κ2) is 6.43. The smallest absolute Gasteiger partial charge is 0.428 e. The van der Waals surface area contributed by atoms with Gasteiger partial charge in [0.2, 0.25) is 5.79 Å².